The molecule has 0 spiro atoms. The fourth-order valence-corrected chi connectivity index (χ4v) is 3.62. The molecule has 0 saturated carbocycles. The van der Waals surface area contributed by atoms with Gasteiger partial charge in [-0.2, -0.15) is 5.10 Å². The van der Waals surface area contributed by atoms with E-state index in [1.807, 2.05) is 31.0 Å². The number of rotatable bonds is 6. The van der Waals surface area contributed by atoms with Crippen molar-refractivity contribution in [2.24, 2.45) is 18.0 Å². The van der Waals surface area contributed by atoms with Gasteiger partial charge in [0.05, 0.1) is 6.20 Å². The summed E-state index contributed by atoms with van der Waals surface area (Å²) in [7, 11) is 3.80. The van der Waals surface area contributed by atoms with Gasteiger partial charge in [-0.15, -0.1) is 24.0 Å². The molecule has 0 aliphatic carbocycles. The third-order valence-electron chi connectivity index (χ3n) is 4.89. The van der Waals surface area contributed by atoms with Crippen molar-refractivity contribution in [2.45, 2.75) is 25.7 Å². The molecule has 1 aromatic heterocycles. The predicted molar refractivity (Wildman–Crippen MR) is 118 cm³/mol. The van der Waals surface area contributed by atoms with Crippen molar-refractivity contribution in [3.8, 4) is 0 Å². The molecule has 27 heavy (non-hydrogen) atoms. The van der Waals surface area contributed by atoms with Crippen LogP contribution in [0.25, 0.3) is 0 Å². The van der Waals surface area contributed by atoms with E-state index in [9.17, 15) is 4.39 Å². The first-order valence-electron chi connectivity index (χ1n) is 9.31. The summed E-state index contributed by atoms with van der Waals surface area (Å²) in [4.78, 5) is 6.77. The predicted octanol–water partition coefficient (Wildman–Crippen LogP) is 3.25. The van der Waals surface area contributed by atoms with Crippen molar-refractivity contribution in [3.05, 3.63) is 53.6 Å². The zero-order valence-electron chi connectivity index (χ0n) is 16.1. The van der Waals surface area contributed by atoms with E-state index < -0.39 is 0 Å². The summed E-state index contributed by atoms with van der Waals surface area (Å²) >= 11 is 0. The molecule has 5 nitrogen and oxygen atoms in total. The molecule has 1 saturated heterocycles. The fourth-order valence-electron chi connectivity index (χ4n) is 3.62. The lowest BCUT2D eigenvalue weighted by Crippen LogP contribution is -2.40. The van der Waals surface area contributed by atoms with Gasteiger partial charge in [0.15, 0.2) is 5.96 Å². The molecule has 7 heteroatoms. The second-order valence-electron chi connectivity index (χ2n) is 7.03. The third-order valence-corrected chi connectivity index (χ3v) is 4.89. The van der Waals surface area contributed by atoms with Crippen LogP contribution in [0, 0.1) is 11.7 Å². The van der Waals surface area contributed by atoms with Gasteiger partial charge in [0.2, 0.25) is 0 Å². The summed E-state index contributed by atoms with van der Waals surface area (Å²) in [6.07, 6.45) is 8.13. The zero-order chi connectivity index (χ0) is 18.4. The molecule has 2 heterocycles. The summed E-state index contributed by atoms with van der Waals surface area (Å²) < 4.78 is 15.1. The van der Waals surface area contributed by atoms with Crippen LogP contribution >= 0.6 is 24.0 Å². The van der Waals surface area contributed by atoms with Crippen LogP contribution in [0.5, 0.6) is 0 Å². The number of aliphatic imine (C=N–C) groups is 1. The average Bonchev–Trinajstić information content (AvgIpc) is 3.24. The standard InChI is InChI=1S/C20H28FN5.HI/c1-22-20(23-9-4-6-16-5-3-7-19(21)12-16)26-10-8-17(15-26)11-18-13-24-25(2)14-18;/h3,5,7,12-14,17H,4,6,8-11,15H2,1-2H3,(H,22,23);1H. The number of benzene rings is 1. The van der Waals surface area contributed by atoms with Crippen molar-refractivity contribution < 1.29 is 4.39 Å². The van der Waals surface area contributed by atoms with Crippen molar-refractivity contribution in [2.75, 3.05) is 26.7 Å². The first-order chi connectivity index (χ1) is 12.6. The quantitative estimate of drug-likeness (QED) is 0.296. The highest BCUT2D eigenvalue weighted by molar-refractivity contribution is 14.0. The number of halogens is 2. The zero-order valence-corrected chi connectivity index (χ0v) is 18.4. The number of hydrogen-bond acceptors (Lipinski definition) is 2. The van der Waals surface area contributed by atoms with Crippen molar-refractivity contribution >= 4 is 29.9 Å². The van der Waals surface area contributed by atoms with E-state index in [-0.39, 0.29) is 29.8 Å². The molecular formula is C20H29FIN5. The highest BCUT2D eigenvalue weighted by Gasteiger charge is 2.25. The molecule has 0 amide bonds. The Balaban J connectivity index is 0.00000261. The van der Waals surface area contributed by atoms with Gasteiger partial charge in [0, 0.05) is 39.9 Å². The summed E-state index contributed by atoms with van der Waals surface area (Å²) in [5.41, 5.74) is 2.34. The normalized spacial score (nSPS) is 17.1. The van der Waals surface area contributed by atoms with Gasteiger partial charge in [-0.25, -0.2) is 4.39 Å². The molecule has 1 N–H and O–H groups in total. The van der Waals surface area contributed by atoms with Crippen LogP contribution in [0.15, 0.2) is 41.7 Å². The van der Waals surface area contributed by atoms with E-state index >= 15 is 0 Å². The number of nitrogens with zero attached hydrogens (tertiary/aromatic N) is 4. The molecule has 2 aromatic rings. The molecule has 1 aromatic carbocycles. The lowest BCUT2D eigenvalue weighted by atomic mass is 10.0. The minimum atomic E-state index is -0.164. The van der Waals surface area contributed by atoms with Crippen LogP contribution in [0.4, 0.5) is 4.39 Å². The maximum atomic E-state index is 13.2. The maximum Gasteiger partial charge on any atom is 0.193 e. The Labute approximate surface area is 178 Å². The number of guanidine groups is 1. The Hall–Kier alpha value is -1.64. The lowest BCUT2D eigenvalue weighted by Gasteiger charge is -2.21. The van der Waals surface area contributed by atoms with Crippen LogP contribution in [-0.4, -0.2) is 47.3 Å². The lowest BCUT2D eigenvalue weighted by molar-refractivity contribution is 0.459. The largest absolute Gasteiger partial charge is 0.356 e. The molecule has 1 aliphatic rings. The first kappa shape index (κ1) is 21.7. The Morgan fingerprint density at radius 3 is 2.93 bits per heavy atom. The Bertz CT molecular complexity index is 745. The third kappa shape index (κ3) is 6.48. The van der Waals surface area contributed by atoms with Gasteiger partial charge in [-0.3, -0.25) is 9.67 Å². The van der Waals surface area contributed by atoms with Gasteiger partial charge < -0.3 is 10.2 Å². The first-order valence-corrected chi connectivity index (χ1v) is 9.31. The molecule has 1 aliphatic heterocycles. The number of aromatic nitrogens is 2. The monoisotopic (exact) mass is 485 g/mol. The summed E-state index contributed by atoms with van der Waals surface area (Å²) in [6, 6.07) is 6.84. The molecule has 1 fully saturated rings. The van der Waals surface area contributed by atoms with Crippen LogP contribution in [-0.2, 0) is 19.9 Å². The second kappa shape index (κ2) is 10.6. The Morgan fingerprint density at radius 2 is 2.22 bits per heavy atom. The SMILES string of the molecule is CN=C(NCCCc1cccc(F)c1)N1CCC(Cc2cnn(C)c2)C1.I. The highest BCUT2D eigenvalue weighted by atomic mass is 127. The van der Waals surface area contributed by atoms with E-state index in [2.05, 4.69) is 26.5 Å². The minimum Gasteiger partial charge on any atom is -0.356 e. The summed E-state index contributed by atoms with van der Waals surface area (Å²) in [5.74, 6) is 1.45. The maximum absolute atomic E-state index is 13.2. The summed E-state index contributed by atoms with van der Waals surface area (Å²) in [6.45, 7) is 2.90. The van der Waals surface area contributed by atoms with Crippen LogP contribution in [0.1, 0.15) is 24.0 Å². The van der Waals surface area contributed by atoms with Crippen LogP contribution in [0.3, 0.4) is 0 Å². The molecule has 148 valence electrons. The molecule has 1 unspecified atom stereocenters. The Morgan fingerprint density at radius 1 is 1.37 bits per heavy atom. The van der Waals surface area contributed by atoms with Crippen LogP contribution < -0.4 is 5.32 Å². The molecule has 3 rings (SSSR count). The number of hydrogen-bond donors (Lipinski definition) is 1. The smallest absolute Gasteiger partial charge is 0.193 e. The number of aryl methyl sites for hydroxylation is 2. The highest BCUT2D eigenvalue weighted by Crippen LogP contribution is 2.20. The van der Waals surface area contributed by atoms with E-state index in [0.29, 0.717) is 5.92 Å². The molecule has 0 bridgehead atoms. The van der Waals surface area contributed by atoms with Crippen molar-refractivity contribution in [1.29, 1.82) is 0 Å². The van der Waals surface area contributed by atoms with Crippen molar-refractivity contribution in [1.82, 2.24) is 20.0 Å². The van der Waals surface area contributed by atoms with Gasteiger partial charge in [0.25, 0.3) is 0 Å². The van der Waals surface area contributed by atoms with Crippen molar-refractivity contribution in [3.63, 3.8) is 0 Å². The Kier molecular flexibility index (Phi) is 8.53. The molecule has 0 radical (unpaired) electrons. The second-order valence-corrected chi connectivity index (χ2v) is 7.03. The average molecular weight is 485 g/mol. The van der Waals surface area contributed by atoms with Crippen LogP contribution in [0.2, 0.25) is 0 Å². The fraction of sp³-hybridized carbons (Fsp3) is 0.500. The topological polar surface area (TPSA) is 45.5 Å². The van der Waals surface area contributed by atoms with E-state index in [0.717, 1.165) is 50.4 Å². The number of likely N-dealkylation sites (tertiary alicyclic amines) is 1. The van der Waals surface area contributed by atoms with E-state index in [1.54, 1.807) is 12.1 Å². The summed E-state index contributed by atoms with van der Waals surface area (Å²) in [5, 5.41) is 7.70. The van der Waals surface area contributed by atoms with E-state index in [1.165, 1.54) is 18.1 Å². The minimum absolute atomic E-state index is 0. The number of nitrogens with one attached hydrogen (secondary N) is 1. The van der Waals surface area contributed by atoms with Gasteiger partial charge >= 0.3 is 0 Å². The molecular weight excluding hydrogens is 456 g/mol. The van der Waals surface area contributed by atoms with Gasteiger partial charge in [-0.05, 0) is 54.9 Å². The van der Waals surface area contributed by atoms with Gasteiger partial charge in [0.1, 0.15) is 5.82 Å². The molecule has 1 atom stereocenters. The van der Waals surface area contributed by atoms with Gasteiger partial charge in [-0.1, -0.05) is 12.1 Å². The van der Waals surface area contributed by atoms with E-state index in [4.69, 9.17) is 0 Å².